The van der Waals surface area contributed by atoms with Gasteiger partial charge < -0.3 is 34.1 Å². The molecule has 0 fully saturated rings. The van der Waals surface area contributed by atoms with E-state index < -0.39 is 43.3 Å². The number of nitrogens with one attached hydrogen (secondary N) is 1. The third kappa shape index (κ3) is 7.49. The van der Waals surface area contributed by atoms with E-state index in [9.17, 15) is 19.4 Å². The molecule has 38 heavy (non-hydrogen) atoms. The molecule has 2 N–H and O–H groups in total. The van der Waals surface area contributed by atoms with Gasteiger partial charge >= 0.3 is 19.1 Å². The van der Waals surface area contributed by atoms with Gasteiger partial charge in [-0.1, -0.05) is 12.1 Å². The number of rotatable bonds is 12. The smallest absolute Gasteiger partial charge is 0.534 e. The molecule has 206 valence electrons. The number of ether oxygens (including phenoxy) is 3. The maximum absolute atomic E-state index is 12.7. The van der Waals surface area contributed by atoms with E-state index in [1.165, 1.54) is 6.07 Å². The molecule has 1 aliphatic rings. The van der Waals surface area contributed by atoms with Crippen molar-refractivity contribution in [2.45, 2.75) is 51.7 Å². The summed E-state index contributed by atoms with van der Waals surface area (Å²) in [6, 6.07) is 4.80. The lowest BCUT2D eigenvalue weighted by Gasteiger charge is -2.29. The molecular formula is C23H33BN6O8. The highest BCUT2D eigenvalue weighted by Gasteiger charge is 2.38. The minimum Gasteiger partial charge on any atom is -0.534 e. The van der Waals surface area contributed by atoms with E-state index in [2.05, 4.69) is 20.8 Å². The minimum atomic E-state index is -1.42. The molecule has 15 heteroatoms. The Kier molecular flexibility index (Phi) is 9.77. The first-order valence-electron chi connectivity index (χ1n) is 12.2. The normalized spacial score (nSPS) is 15.0. The number of esters is 2. The van der Waals surface area contributed by atoms with Gasteiger partial charge in [0.05, 0.1) is 18.9 Å². The van der Waals surface area contributed by atoms with E-state index in [-0.39, 0.29) is 24.2 Å². The average molecular weight is 532 g/mol. The zero-order chi connectivity index (χ0) is 27.9. The van der Waals surface area contributed by atoms with Crippen LogP contribution in [0.15, 0.2) is 18.2 Å². The van der Waals surface area contributed by atoms with Gasteiger partial charge in [0.2, 0.25) is 12.7 Å². The Bertz CT molecular complexity index is 1140. The van der Waals surface area contributed by atoms with Crippen molar-refractivity contribution in [3.63, 3.8) is 0 Å². The van der Waals surface area contributed by atoms with Gasteiger partial charge in [-0.25, -0.2) is 14.3 Å². The first-order chi connectivity index (χ1) is 18.0. The lowest BCUT2D eigenvalue weighted by molar-refractivity contribution is -0.175. The number of nitrogens with zero attached hydrogens (tertiary/aromatic N) is 5. The summed E-state index contributed by atoms with van der Waals surface area (Å²) in [6.07, 6.45) is 0.119. The van der Waals surface area contributed by atoms with Gasteiger partial charge in [0.25, 0.3) is 0 Å². The molecule has 0 aliphatic carbocycles. The number of carbonyl (C=O) groups excluding carboxylic acids is 3. The summed E-state index contributed by atoms with van der Waals surface area (Å²) in [5, 5.41) is 24.8. The summed E-state index contributed by atoms with van der Waals surface area (Å²) >= 11 is 0. The summed E-state index contributed by atoms with van der Waals surface area (Å²) in [7, 11) is 2.42. The number of benzene rings is 1. The maximum atomic E-state index is 12.7. The molecule has 1 aliphatic heterocycles. The zero-order valence-corrected chi connectivity index (χ0v) is 22.2. The second-order valence-corrected chi connectivity index (χ2v) is 9.40. The van der Waals surface area contributed by atoms with Crippen molar-refractivity contribution in [2.24, 2.45) is 0 Å². The number of likely N-dealkylation sites (N-methyl/N-ethyl adjacent to an activating group) is 1. The van der Waals surface area contributed by atoms with Crippen LogP contribution in [-0.4, -0.2) is 101 Å². The van der Waals surface area contributed by atoms with Crippen LogP contribution in [0.5, 0.6) is 5.75 Å². The Hall–Kier alpha value is -3.56. The van der Waals surface area contributed by atoms with Crippen LogP contribution in [0.25, 0.3) is 0 Å². The van der Waals surface area contributed by atoms with Crippen LogP contribution in [0.1, 0.15) is 42.5 Å². The SMILES string of the molecule is CCOC(C)(C)C(=O)OCOC(=O)c1cccc2c1OB(O)[C@@H](NC(=O)Cc1nnnn1CCN(C)C)C2. The lowest BCUT2D eigenvalue weighted by atomic mass is 9.72. The van der Waals surface area contributed by atoms with Crippen molar-refractivity contribution in [1.82, 2.24) is 30.4 Å². The van der Waals surface area contributed by atoms with Crippen molar-refractivity contribution in [1.29, 1.82) is 0 Å². The number of fused-ring (bicyclic) bond motifs is 1. The van der Waals surface area contributed by atoms with Gasteiger partial charge in [0.15, 0.2) is 11.4 Å². The van der Waals surface area contributed by atoms with Crippen molar-refractivity contribution < 1.29 is 38.3 Å². The number of hydrogen-bond donors (Lipinski definition) is 2. The van der Waals surface area contributed by atoms with E-state index in [0.717, 1.165) is 0 Å². The molecule has 0 radical (unpaired) electrons. The summed E-state index contributed by atoms with van der Waals surface area (Å²) in [4.78, 5) is 39.4. The standard InChI is InChI=1S/C23H33BN6O8/c1-6-37-23(2,3)22(33)36-14-35-21(32)16-9-7-8-15-12-17(24(34)38-20(15)16)25-19(31)13-18-26-27-28-30(18)11-10-29(4)5/h7-9,17,34H,6,10-14H2,1-5H3,(H,25,31)/t17-/m0/s1. The van der Waals surface area contributed by atoms with Crippen LogP contribution in [0.2, 0.25) is 0 Å². The van der Waals surface area contributed by atoms with Crippen LogP contribution >= 0.6 is 0 Å². The predicted molar refractivity (Wildman–Crippen MR) is 133 cm³/mol. The zero-order valence-electron chi connectivity index (χ0n) is 22.2. The molecule has 1 atom stereocenters. The van der Waals surface area contributed by atoms with Crippen LogP contribution < -0.4 is 9.97 Å². The molecule has 2 aromatic rings. The second-order valence-electron chi connectivity index (χ2n) is 9.40. The fourth-order valence-electron chi connectivity index (χ4n) is 3.74. The number of carbonyl (C=O) groups is 3. The third-order valence-electron chi connectivity index (χ3n) is 5.75. The van der Waals surface area contributed by atoms with E-state index in [0.29, 0.717) is 31.1 Å². The molecule has 0 saturated carbocycles. The van der Waals surface area contributed by atoms with E-state index in [1.54, 1.807) is 37.6 Å². The van der Waals surface area contributed by atoms with Gasteiger partial charge in [-0.2, -0.15) is 0 Å². The fourth-order valence-corrected chi connectivity index (χ4v) is 3.74. The van der Waals surface area contributed by atoms with Crippen LogP contribution in [-0.2, 0) is 43.2 Å². The first kappa shape index (κ1) is 29.0. The number of tetrazole rings is 1. The van der Waals surface area contributed by atoms with Crippen molar-refractivity contribution in [2.75, 3.05) is 34.0 Å². The lowest BCUT2D eigenvalue weighted by Crippen LogP contribution is -2.53. The Labute approximate surface area is 220 Å². The molecule has 0 unspecified atom stereocenters. The Morgan fingerprint density at radius 2 is 2.05 bits per heavy atom. The van der Waals surface area contributed by atoms with Gasteiger partial charge in [-0.15, -0.1) is 5.10 Å². The van der Waals surface area contributed by atoms with Gasteiger partial charge in [0, 0.05) is 13.2 Å². The van der Waals surface area contributed by atoms with Crippen molar-refractivity contribution in [3.8, 4) is 5.75 Å². The molecule has 1 aromatic carbocycles. The number of amides is 1. The predicted octanol–water partition coefficient (Wildman–Crippen LogP) is -0.611. The Morgan fingerprint density at radius 3 is 2.76 bits per heavy atom. The summed E-state index contributed by atoms with van der Waals surface area (Å²) in [5.74, 6) is -2.12. The summed E-state index contributed by atoms with van der Waals surface area (Å²) in [6.45, 7) is 5.76. The molecule has 3 rings (SSSR count). The molecule has 0 saturated heterocycles. The largest absolute Gasteiger partial charge is 0.547 e. The Balaban J connectivity index is 1.58. The monoisotopic (exact) mass is 532 g/mol. The van der Waals surface area contributed by atoms with Gasteiger partial charge in [0.1, 0.15) is 11.3 Å². The first-order valence-corrected chi connectivity index (χ1v) is 12.2. The molecule has 0 spiro atoms. The maximum Gasteiger partial charge on any atom is 0.547 e. The van der Waals surface area contributed by atoms with Crippen molar-refractivity contribution in [3.05, 3.63) is 35.2 Å². The fraction of sp³-hybridized carbons (Fsp3) is 0.565. The van der Waals surface area contributed by atoms with E-state index in [1.807, 2.05) is 19.0 Å². The molecular weight excluding hydrogens is 499 g/mol. The summed E-state index contributed by atoms with van der Waals surface area (Å²) < 4.78 is 22.5. The van der Waals surface area contributed by atoms with Crippen LogP contribution in [0.4, 0.5) is 0 Å². The highest BCUT2D eigenvalue weighted by Crippen LogP contribution is 2.30. The van der Waals surface area contributed by atoms with Crippen molar-refractivity contribution >= 4 is 25.0 Å². The molecule has 14 nitrogen and oxygen atoms in total. The Morgan fingerprint density at radius 1 is 1.29 bits per heavy atom. The number of hydrogen-bond acceptors (Lipinski definition) is 12. The highest BCUT2D eigenvalue weighted by molar-refractivity contribution is 6.47. The highest BCUT2D eigenvalue weighted by atomic mass is 16.7. The molecule has 0 bridgehead atoms. The van der Waals surface area contributed by atoms with Gasteiger partial charge in [-0.3, -0.25) is 4.79 Å². The summed E-state index contributed by atoms with van der Waals surface area (Å²) in [5.41, 5.74) is -0.551. The topological polar surface area (TPSA) is 167 Å². The number of aromatic nitrogens is 4. The van der Waals surface area contributed by atoms with Crippen LogP contribution in [0.3, 0.4) is 0 Å². The third-order valence-corrected chi connectivity index (χ3v) is 5.75. The van der Waals surface area contributed by atoms with Gasteiger partial charge in [-0.05, 0) is 63.3 Å². The minimum absolute atomic E-state index is 0.0477. The molecule has 1 aromatic heterocycles. The molecule has 1 amide bonds. The number of para-hydroxylation sites is 1. The quantitative estimate of drug-likeness (QED) is 0.203. The van der Waals surface area contributed by atoms with E-state index in [4.69, 9.17) is 18.9 Å². The average Bonchev–Trinajstić information content (AvgIpc) is 3.29. The van der Waals surface area contributed by atoms with E-state index >= 15 is 0 Å². The second kappa shape index (κ2) is 12.8. The van der Waals surface area contributed by atoms with Crippen LogP contribution in [0, 0.1) is 0 Å². The molecule has 2 heterocycles.